The van der Waals surface area contributed by atoms with Crippen molar-refractivity contribution in [1.29, 1.82) is 0 Å². The Bertz CT molecular complexity index is 12400. The highest BCUT2D eigenvalue weighted by Gasteiger charge is 2.34. The molecule has 13 aromatic heterocycles. The molecule has 36 aromatic rings. The number of aromatic nitrogens is 13. The van der Waals surface area contributed by atoms with Crippen LogP contribution in [0, 0.1) is 0 Å². The molecule has 23 aromatic carbocycles. The van der Waals surface area contributed by atoms with Crippen LogP contribution in [0.3, 0.4) is 0 Å². The zero-order valence-electron chi connectivity index (χ0n) is 79.6. The van der Waals surface area contributed by atoms with Gasteiger partial charge in [-0.05, 0) is 123 Å². The lowest BCUT2D eigenvalue weighted by Crippen LogP contribution is -2.07. The van der Waals surface area contributed by atoms with E-state index >= 15 is 0 Å². The van der Waals surface area contributed by atoms with E-state index in [2.05, 4.69) is 474 Å². The third-order valence-corrected chi connectivity index (χ3v) is 32.7. The minimum Gasteiger partial charge on any atom is -0.308 e. The maximum Gasteiger partial charge on any atom is 0.237 e. The van der Waals surface area contributed by atoms with Gasteiger partial charge in [-0.1, -0.05) is 358 Å². The quantitative estimate of drug-likeness (QED) is 0.170. The van der Waals surface area contributed by atoms with E-state index in [1.807, 2.05) is 12.3 Å². The Kier molecular flexibility index (Phi) is 15.6. The summed E-state index contributed by atoms with van der Waals surface area (Å²) < 4.78 is 17.0. The molecule has 13 nitrogen and oxygen atoms in total. The van der Waals surface area contributed by atoms with Gasteiger partial charge in [-0.3, -0.25) is 23.3 Å². The van der Waals surface area contributed by atoms with Crippen molar-refractivity contribution in [2.24, 2.45) is 0 Å². The predicted molar refractivity (Wildman–Crippen MR) is 620 cm³/mol. The first-order valence-corrected chi connectivity index (χ1v) is 51.0. The molecule has 0 bridgehead atoms. The summed E-state index contributed by atoms with van der Waals surface area (Å²) in [5, 5.41) is 39.0. The summed E-state index contributed by atoms with van der Waals surface area (Å²) in [4.78, 5) is 32.3. The van der Waals surface area contributed by atoms with Crippen LogP contribution < -0.4 is 0 Å². The summed E-state index contributed by atoms with van der Waals surface area (Å²) in [5.41, 5.74) is 27.3. The van der Waals surface area contributed by atoms with Gasteiger partial charge in [0.05, 0.1) is 122 Å². The maximum absolute atomic E-state index is 5.75. The van der Waals surface area contributed by atoms with Crippen molar-refractivity contribution < 1.29 is 0 Å². The number of hydrogen-bond acceptors (Lipinski definition) is 6. The van der Waals surface area contributed by atoms with Crippen molar-refractivity contribution in [1.82, 2.24) is 61.4 Å². The van der Waals surface area contributed by atoms with Crippen LogP contribution in [0.2, 0.25) is 0 Å². The van der Waals surface area contributed by atoms with Gasteiger partial charge in [-0.15, -0.1) is 0 Å². The number of fused-ring (bicyclic) bond motifs is 46. The van der Waals surface area contributed by atoms with Gasteiger partial charge in [0.2, 0.25) is 5.95 Å². The summed E-state index contributed by atoms with van der Waals surface area (Å²) in [6.07, 6.45) is 1.98. The average molecular weight is 1890 g/mol. The van der Waals surface area contributed by atoms with Crippen molar-refractivity contribution in [3.05, 3.63) is 455 Å². The van der Waals surface area contributed by atoms with Crippen LogP contribution in [-0.4, -0.2) is 61.4 Å². The molecule has 0 amide bonds. The van der Waals surface area contributed by atoms with Crippen LogP contribution >= 0.6 is 0 Å². The highest BCUT2D eigenvalue weighted by Crippen LogP contribution is 2.55. The van der Waals surface area contributed by atoms with E-state index in [4.69, 9.17) is 29.9 Å². The Labute approximate surface area is 845 Å². The summed E-state index contributed by atoms with van der Waals surface area (Å²) in [6.45, 7) is 0. The maximum atomic E-state index is 5.75. The van der Waals surface area contributed by atoms with E-state index < -0.39 is 0 Å². The minimum absolute atomic E-state index is 0.646. The van der Waals surface area contributed by atoms with Crippen molar-refractivity contribution >= 4 is 277 Å². The van der Waals surface area contributed by atoms with E-state index in [-0.39, 0.29) is 0 Å². The molecule has 1 aliphatic rings. The average Bonchev–Trinajstić information content (AvgIpc) is 1.51. The largest absolute Gasteiger partial charge is 0.308 e. The van der Waals surface area contributed by atoms with E-state index in [0.717, 1.165) is 95.2 Å². The highest BCUT2D eigenvalue weighted by atomic mass is 15.2. The lowest BCUT2D eigenvalue weighted by molar-refractivity contribution is 0.974. The topological polar surface area (TPSA) is 110 Å². The zero-order chi connectivity index (χ0) is 96.5. The number of benzene rings is 23. The molecule has 0 radical (unpaired) electrons. The van der Waals surface area contributed by atoms with Gasteiger partial charge in [0, 0.05) is 157 Å². The highest BCUT2D eigenvalue weighted by molar-refractivity contribution is 6.40. The molecule has 0 spiro atoms. The van der Waals surface area contributed by atoms with Crippen LogP contribution in [0.4, 0.5) is 0 Å². The van der Waals surface area contributed by atoms with E-state index in [1.165, 1.54) is 233 Å². The van der Waals surface area contributed by atoms with Gasteiger partial charge in [0.1, 0.15) is 5.82 Å². The van der Waals surface area contributed by atoms with E-state index in [1.54, 1.807) is 0 Å². The third kappa shape index (κ3) is 10.4. The summed E-state index contributed by atoms with van der Waals surface area (Å²) in [5.74, 6) is 3.95. The minimum atomic E-state index is 0.646. The Morgan fingerprint density at radius 3 is 0.987 bits per heavy atom. The Morgan fingerprint density at radius 2 is 0.510 bits per heavy atom. The molecule has 0 fully saturated rings. The van der Waals surface area contributed by atoms with Crippen molar-refractivity contribution in [2.45, 2.75) is 0 Å². The second-order valence-corrected chi connectivity index (χ2v) is 40.1. The number of para-hydroxylation sites is 9. The molecule has 0 unspecified atom stereocenters. The predicted octanol–water partition coefficient (Wildman–Crippen LogP) is 34.7. The van der Waals surface area contributed by atoms with Gasteiger partial charge in [-0.2, -0.15) is 4.98 Å². The molecule has 1 aliphatic carbocycles. The molecule has 13 heterocycles. The Hall–Kier alpha value is -20.3. The lowest BCUT2D eigenvalue weighted by Gasteiger charge is -2.15. The monoisotopic (exact) mass is 1890 g/mol. The first-order valence-electron chi connectivity index (χ1n) is 51.0. The van der Waals surface area contributed by atoms with Crippen LogP contribution in [-0.2, 0) is 0 Å². The van der Waals surface area contributed by atoms with E-state index in [9.17, 15) is 0 Å². The Balaban J connectivity index is 0.0000000944. The molecule has 0 saturated heterocycles. The van der Waals surface area contributed by atoms with Gasteiger partial charge >= 0.3 is 0 Å². The molecule has 149 heavy (non-hydrogen) atoms. The number of nitrogens with zero attached hydrogens (tertiary/aromatic N) is 13. The van der Waals surface area contributed by atoms with Crippen LogP contribution in [0.15, 0.2) is 455 Å². The second-order valence-electron chi connectivity index (χ2n) is 40.1. The van der Waals surface area contributed by atoms with Crippen LogP contribution in [0.1, 0.15) is 0 Å². The van der Waals surface area contributed by atoms with Gasteiger partial charge in [-0.25, -0.2) is 19.9 Å². The fourth-order valence-electron chi connectivity index (χ4n) is 26.8. The lowest BCUT2D eigenvalue weighted by atomic mass is 10.0. The molecule has 0 N–H and O–H groups in total. The zero-order valence-corrected chi connectivity index (χ0v) is 79.6. The van der Waals surface area contributed by atoms with Crippen LogP contribution in [0.25, 0.3) is 334 Å². The fourth-order valence-corrected chi connectivity index (χ4v) is 26.8. The third-order valence-electron chi connectivity index (χ3n) is 32.7. The molecule has 37 rings (SSSR count). The second kappa shape index (κ2) is 29.3. The molecule has 0 aliphatic heterocycles. The van der Waals surface area contributed by atoms with Gasteiger partial charge in [0.15, 0.2) is 17.5 Å². The van der Waals surface area contributed by atoms with Crippen LogP contribution in [0.5, 0.6) is 0 Å². The summed E-state index contributed by atoms with van der Waals surface area (Å²) >= 11 is 0. The van der Waals surface area contributed by atoms with E-state index in [0.29, 0.717) is 5.95 Å². The molecule has 0 atom stereocenters. The van der Waals surface area contributed by atoms with Gasteiger partial charge in [0.25, 0.3) is 0 Å². The summed E-state index contributed by atoms with van der Waals surface area (Å²) in [6, 6.07) is 162. The molecule has 684 valence electrons. The van der Waals surface area contributed by atoms with Crippen molar-refractivity contribution in [3.8, 4) is 57.3 Å². The smallest absolute Gasteiger partial charge is 0.237 e. The fraction of sp³-hybridized carbons (Fsp3) is 0. The first kappa shape index (κ1) is 79.3. The molecular weight excluding hydrogens is 1820 g/mol. The number of hydrogen-bond donors (Lipinski definition) is 0. The standard InChI is InChI=1S/C52H29N5.C42H22N4.C42H24N4/c1-3-15-32-30(13-1)26-28-45-46(32)37-19-7-12-24-44(37)56(45)52-53-41-21-9-5-18-36(41)51(54-52)57-48-33-16-4-2-14-31(33)25-27-35(48)40-29-39-34-17-6-10-22-42(34)55-43-23-11-8-20-38(43)47(49(39)55)50(40)57;1-2-12-25-23(9-1)19-20-27-32-21-31-26-13-3-5-17-33(26)45-34-18-6-4-14-28(34)37(41(31)45)42(32)46(40(25)27)35-22-43-38-29-15-7-10-24-11-8-16-30(36(24)29)39(38)44-35;1-2-13-26(14-3-1)41-43-34-19-9-6-17-30(34)42(44-41)46-38-27-15-5-4-12-25(27)22-23-29(38)33-24-32-28-16-7-10-20-35(28)45-36-21-11-8-18-31(36)37(39(32)45)40(33)46/h1-29H;1-22H;1-24H. The van der Waals surface area contributed by atoms with Gasteiger partial charge < -0.3 is 13.2 Å². The summed E-state index contributed by atoms with van der Waals surface area (Å²) in [7, 11) is 0. The normalized spacial score (nSPS) is 12.6. The SMILES string of the molecule is c1cc2c3c(cccc3c1)-c1nc(-n3c4c5ccccc5ccc4c4cc5c6ccccc6n6c7ccccc7c(c43)c56)cnc1-2.c1ccc(-c2nc(-n3c4c5ccccc5ccc4c4cc5c6ccccc6n6c7ccccc7c(c43)c56)c3ccccc3n2)cc1.c1ccc2c(c1)ccc1c2c2ccccc2n1-c1nc(-n2c3c4ccccc4ccc3c3cc4c5ccccc5n5c6ccccc6c(c32)c45)c2ccccc2n1. The first-order chi connectivity index (χ1) is 74.0. The Morgan fingerprint density at radius 1 is 0.168 bits per heavy atom. The molecule has 0 saturated carbocycles. The van der Waals surface area contributed by atoms with Crippen molar-refractivity contribution in [3.63, 3.8) is 0 Å². The molecule has 13 heteroatoms. The number of rotatable bonds is 5. The van der Waals surface area contributed by atoms with Crippen molar-refractivity contribution in [2.75, 3.05) is 0 Å². The molecular formula is C136H75N13.